The van der Waals surface area contributed by atoms with Crippen LogP contribution in [0.3, 0.4) is 0 Å². The zero-order valence-electron chi connectivity index (χ0n) is 10.5. The summed E-state index contributed by atoms with van der Waals surface area (Å²) >= 11 is 5.59. The summed E-state index contributed by atoms with van der Waals surface area (Å²) in [5.74, 6) is -1.03. The molecule has 6 nitrogen and oxygen atoms in total. The SMILES string of the molecule is Cn1cc(CNS(=O)(=O)c2cc(N)cc(Cl)c2F)cn1. The lowest BCUT2D eigenvalue weighted by Crippen LogP contribution is -2.24. The molecule has 0 bridgehead atoms. The highest BCUT2D eigenvalue weighted by atomic mass is 35.5. The van der Waals surface area contributed by atoms with Crippen LogP contribution in [0.1, 0.15) is 5.56 Å². The van der Waals surface area contributed by atoms with Crippen molar-refractivity contribution in [1.29, 1.82) is 0 Å². The molecule has 9 heteroatoms. The summed E-state index contributed by atoms with van der Waals surface area (Å²) in [6, 6.07) is 2.17. The number of anilines is 1. The van der Waals surface area contributed by atoms with Gasteiger partial charge in [0.05, 0.1) is 11.2 Å². The first-order chi connectivity index (χ1) is 9.29. The Labute approximate surface area is 120 Å². The van der Waals surface area contributed by atoms with Gasteiger partial charge in [0.15, 0.2) is 5.82 Å². The summed E-state index contributed by atoms with van der Waals surface area (Å²) in [6.45, 7) is -0.0119. The number of hydrogen-bond donors (Lipinski definition) is 2. The minimum Gasteiger partial charge on any atom is -0.399 e. The van der Waals surface area contributed by atoms with Gasteiger partial charge in [-0.25, -0.2) is 17.5 Å². The third kappa shape index (κ3) is 3.09. The molecule has 0 spiro atoms. The van der Waals surface area contributed by atoms with Crippen LogP contribution >= 0.6 is 11.6 Å². The second-order valence-corrected chi connectivity index (χ2v) is 6.30. The molecule has 1 aromatic heterocycles. The zero-order valence-corrected chi connectivity index (χ0v) is 12.0. The van der Waals surface area contributed by atoms with Gasteiger partial charge in [0, 0.05) is 31.0 Å². The molecule has 0 amide bonds. The molecule has 0 aliphatic carbocycles. The van der Waals surface area contributed by atoms with Crippen LogP contribution in [0, 0.1) is 5.82 Å². The van der Waals surface area contributed by atoms with E-state index in [1.807, 2.05) is 0 Å². The van der Waals surface area contributed by atoms with Crippen LogP contribution in [0.5, 0.6) is 0 Å². The van der Waals surface area contributed by atoms with Crippen LogP contribution in [-0.2, 0) is 23.6 Å². The van der Waals surface area contributed by atoms with Gasteiger partial charge in [0.2, 0.25) is 10.0 Å². The third-order valence-electron chi connectivity index (χ3n) is 2.53. The van der Waals surface area contributed by atoms with Crippen LogP contribution in [0.25, 0.3) is 0 Å². The van der Waals surface area contributed by atoms with E-state index in [1.165, 1.54) is 10.9 Å². The van der Waals surface area contributed by atoms with Gasteiger partial charge < -0.3 is 5.73 Å². The molecule has 0 aliphatic heterocycles. The molecule has 2 aromatic rings. The van der Waals surface area contributed by atoms with E-state index in [-0.39, 0.29) is 17.3 Å². The molecule has 0 aliphatic rings. The maximum atomic E-state index is 13.8. The van der Waals surface area contributed by atoms with E-state index in [9.17, 15) is 12.8 Å². The highest BCUT2D eigenvalue weighted by molar-refractivity contribution is 7.89. The molecular weight excluding hydrogens is 307 g/mol. The van der Waals surface area contributed by atoms with Crippen molar-refractivity contribution < 1.29 is 12.8 Å². The molecular formula is C11H12ClFN4O2S. The van der Waals surface area contributed by atoms with Crippen LogP contribution in [0.4, 0.5) is 10.1 Å². The van der Waals surface area contributed by atoms with E-state index in [4.69, 9.17) is 17.3 Å². The molecule has 3 N–H and O–H groups in total. The Balaban J connectivity index is 2.27. The number of aromatic nitrogens is 2. The van der Waals surface area contributed by atoms with Crippen molar-refractivity contribution in [3.05, 3.63) is 40.9 Å². The van der Waals surface area contributed by atoms with Crippen LogP contribution in [0.2, 0.25) is 5.02 Å². The number of aryl methyl sites for hydroxylation is 1. The second kappa shape index (κ2) is 5.39. The number of nitrogens with two attached hydrogens (primary N) is 1. The number of hydrogen-bond acceptors (Lipinski definition) is 4. The maximum Gasteiger partial charge on any atom is 0.243 e. The average molecular weight is 319 g/mol. The molecule has 0 unspecified atom stereocenters. The van der Waals surface area contributed by atoms with E-state index >= 15 is 0 Å². The van der Waals surface area contributed by atoms with Crippen LogP contribution in [0.15, 0.2) is 29.4 Å². The lowest BCUT2D eigenvalue weighted by atomic mass is 10.3. The topological polar surface area (TPSA) is 90.0 Å². The molecule has 1 heterocycles. The molecule has 20 heavy (non-hydrogen) atoms. The van der Waals surface area contributed by atoms with Crippen molar-refractivity contribution in [3.8, 4) is 0 Å². The fraction of sp³-hybridized carbons (Fsp3) is 0.182. The number of sulfonamides is 1. The summed E-state index contributed by atoms with van der Waals surface area (Å²) < 4.78 is 41.7. The van der Waals surface area contributed by atoms with Gasteiger partial charge in [-0.3, -0.25) is 4.68 Å². The zero-order chi connectivity index (χ0) is 14.9. The quantitative estimate of drug-likeness (QED) is 0.831. The minimum absolute atomic E-state index is 0.0119. The van der Waals surface area contributed by atoms with E-state index in [0.717, 1.165) is 12.1 Å². The summed E-state index contributed by atoms with van der Waals surface area (Å²) in [4.78, 5) is -0.577. The number of nitrogens with zero attached hydrogens (tertiary/aromatic N) is 2. The van der Waals surface area contributed by atoms with Crippen LogP contribution in [-0.4, -0.2) is 18.2 Å². The number of benzene rings is 1. The predicted octanol–water partition coefficient (Wildman–Crippen LogP) is 1.27. The third-order valence-corrected chi connectivity index (χ3v) is 4.21. The van der Waals surface area contributed by atoms with Gasteiger partial charge in [-0.05, 0) is 12.1 Å². The minimum atomic E-state index is -4.05. The Hall–Kier alpha value is -1.64. The fourth-order valence-corrected chi connectivity index (χ4v) is 3.03. The van der Waals surface area contributed by atoms with Gasteiger partial charge in [-0.15, -0.1) is 0 Å². The Morgan fingerprint density at radius 3 is 2.80 bits per heavy atom. The summed E-state index contributed by atoms with van der Waals surface area (Å²) in [6.07, 6.45) is 3.15. The molecule has 0 atom stereocenters. The Morgan fingerprint density at radius 1 is 1.50 bits per heavy atom. The van der Waals surface area contributed by atoms with Gasteiger partial charge in [0.1, 0.15) is 4.90 Å². The normalized spacial score (nSPS) is 11.8. The van der Waals surface area contributed by atoms with Gasteiger partial charge in [0.25, 0.3) is 0 Å². The molecule has 0 saturated carbocycles. The van der Waals surface area contributed by atoms with E-state index < -0.39 is 20.7 Å². The predicted molar refractivity (Wildman–Crippen MR) is 73.1 cm³/mol. The summed E-state index contributed by atoms with van der Waals surface area (Å²) in [7, 11) is -2.35. The molecule has 0 saturated heterocycles. The largest absolute Gasteiger partial charge is 0.399 e. The number of nitrogens with one attached hydrogen (secondary N) is 1. The van der Waals surface area contributed by atoms with Crippen molar-refractivity contribution >= 4 is 27.3 Å². The standard InChI is InChI=1S/C11H12ClFN4O2S/c1-17-6-7(4-15-17)5-16-20(18,19)10-3-8(14)2-9(12)11(10)13/h2-4,6,16H,5,14H2,1H3. The number of halogens is 2. The van der Waals surface area contributed by atoms with Crippen molar-refractivity contribution in [2.24, 2.45) is 7.05 Å². The first kappa shape index (κ1) is 14.8. The van der Waals surface area contributed by atoms with Gasteiger partial charge >= 0.3 is 0 Å². The molecule has 2 rings (SSSR count). The van der Waals surface area contributed by atoms with Crippen LogP contribution < -0.4 is 10.5 Å². The lowest BCUT2D eigenvalue weighted by molar-refractivity contribution is 0.557. The Bertz CT molecular complexity index is 745. The number of rotatable bonds is 4. The Morgan fingerprint density at radius 2 is 2.20 bits per heavy atom. The highest BCUT2D eigenvalue weighted by Crippen LogP contribution is 2.25. The first-order valence-electron chi connectivity index (χ1n) is 5.51. The Kier molecular flexibility index (Phi) is 3.98. The fourth-order valence-electron chi connectivity index (χ4n) is 1.60. The summed E-state index contributed by atoms with van der Waals surface area (Å²) in [5.41, 5.74) is 6.19. The first-order valence-corrected chi connectivity index (χ1v) is 7.37. The van der Waals surface area contributed by atoms with Crippen molar-refractivity contribution in [2.75, 3.05) is 5.73 Å². The average Bonchev–Trinajstić information content (AvgIpc) is 2.77. The van der Waals surface area contributed by atoms with Crippen molar-refractivity contribution in [1.82, 2.24) is 14.5 Å². The molecule has 108 valence electrons. The maximum absolute atomic E-state index is 13.8. The smallest absolute Gasteiger partial charge is 0.243 e. The van der Waals surface area contributed by atoms with Crippen molar-refractivity contribution in [2.45, 2.75) is 11.4 Å². The second-order valence-electron chi connectivity index (χ2n) is 4.16. The van der Waals surface area contributed by atoms with Gasteiger partial charge in [-0.2, -0.15) is 5.10 Å². The molecule has 0 radical (unpaired) electrons. The monoisotopic (exact) mass is 318 g/mol. The van der Waals surface area contributed by atoms with E-state index in [0.29, 0.717) is 5.56 Å². The summed E-state index contributed by atoms with van der Waals surface area (Å²) in [5, 5.41) is 3.56. The molecule has 1 aromatic carbocycles. The highest BCUT2D eigenvalue weighted by Gasteiger charge is 2.21. The molecule has 0 fully saturated rings. The van der Waals surface area contributed by atoms with Gasteiger partial charge in [-0.1, -0.05) is 11.6 Å². The van der Waals surface area contributed by atoms with E-state index in [2.05, 4.69) is 9.82 Å². The van der Waals surface area contributed by atoms with Crippen molar-refractivity contribution in [3.63, 3.8) is 0 Å². The number of nitrogen functional groups attached to an aromatic ring is 1. The van der Waals surface area contributed by atoms with E-state index in [1.54, 1.807) is 13.2 Å². The lowest BCUT2D eigenvalue weighted by Gasteiger charge is -2.08.